The Kier molecular flexibility index (Phi) is 7.81. The average Bonchev–Trinajstić information content (AvgIpc) is 3.58. The normalized spacial score (nSPS) is 23.8. The molecule has 2 saturated carbocycles. The summed E-state index contributed by atoms with van der Waals surface area (Å²) in [7, 11) is 0. The third kappa shape index (κ3) is 6.40. The number of rotatable bonds is 6. The summed E-state index contributed by atoms with van der Waals surface area (Å²) in [4.78, 5) is 28.0. The molecule has 2 aromatic rings. The highest BCUT2D eigenvalue weighted by Gasteiger charge is 2.49. The van der Waals surface area contributed by atoms with Crippen molar-refractivity contribution in [1.82, 2.24) is 20.0 Å². The lowest BCUT2D eigenvalue weighted by Crippen LogP contribution is -2.45. The van der Waals surface area contributed by atoms with Gasteiger partial charge in [0.2, 0.25) is 5.91 Å². The zero-order valence-electron chi connectivity index (χ0n) is 21.5. The Morgan fingerprint density at radius 2 is 1.82 bits per heavy atom. The second-order valence-corrected chi connectivity index (χ2v) is 12.4. The molecule has 1 N–H and O–H groups in total. The van der Waals surface area contributed by atoms with Crippen LogP contribution in [-0.4, -0.2) is 68.8 Å². The van der Waals surface area contributed by atoms with Gasteiger partial charge in [-0.05, 0) is 49.8 Å². The predicted octanol–water partition coefficient (Wildman–Crippen LogP) is 4.81. The monoisotopic (exact) mass is 597 g/mol. The standard InChI is InChI=1S/C27H28Cl2F3N5O3/c28-26(29)6-5-19(20(13-26)23(38)34-25(15-33)7-8-25)22-21(14-37(35-22)16-27(30,31)32)17-1-3-18(4-2-17)24(39)36-9-11-40-12-10-36/h1-4,14,19-20H,5-13,16H2,(H,34,38)/t19-,20-/m1/s1. The highest BCUT2D eigenvalue weighted by molar-refractivity contribution is 6.48. The van der Waals surface area contributed by atoms with Crippen molar-refractivity contribution in [2.75, 3.05) is 26.3 Å². The number of hydrogen-bond donors (Lipinski definition) is 1. The van der Waals surface area contributed by atoms with Crippen LogP contribution in [0.3, 0.4) is 0 Å². The highest BCUT2D eigenvalue weighted by Crippen LogP contribution is 2.49. The number of hydrogen-bond acceptors (Lipinski definition) is 5. The van der Waals surface area contributed by atoms with E-state index in [0.29, 0.717) is 74.4 Å². The first-order valence-electron chi connectivity index (χ1n) is 13.1. The second kappa shape index (κ2) is 10.9. The molecule has 2 amide bonds. The lowest BCUT2D eigenvalue weighted by molar-refractivity contribution is -0.142. The van der Waals surface area contributed by atoms with E-state index < -0.39 is 40.3 Å². The van der Waals surface area contributed by atoms with Crippen molar-refractivity contribution in [3.8, 4) is 17.2 Å². The zero-order chi connectivity index (χ0) is 28.7. The summed E-state index contributed by atoms with van der Waals surface area (Å²) in [5.74, 6) is -1.96. The second-order valence-electron chi connectivity index (χ2n) is 10.7. The van der Waals surface area contributed by atoms with Gasteiger partial charge in [0.25, 0.3) is 5.91 Å². The van der Waals surface area contributed by atoms with Crippen LogP contribution in [0.15, 0.2) is 30.5 Å². The number of benzene rings is 1. The molecule has 0 spiro atoms. The van der Waals surface area contributed by atoms with Crippen LogP contribution in [-0.2, 0) is 16.1 Å². The van der Waals surface area contributed by atoms with Gasteiger partial charge >= 0.3 is 6.18 Å². The summed E-state index contributed by atoms with van der Waals surface area (Å²) >= 11 is 12.9. The summed E-state index contributed by atoms with van der Waals surface area (Å²) in [6.07, 6.45) is -1.45. The van der Waals surface area contributed by atoms with E-state index in [2.05, 4.69) is 16.5 Å². The van der Waals surface area contributed by atoms with E-state index in [-0.39, 0.29) is 12.3 Å². The number of nitriles is 1. The van der Waals surface area contributed by atoms with E-state index in [9.17, 15) is 28.0 Å². The first-order valence-corrected chi connectivity index (χ1v) is 13.9. The number of aromatic nitrogens is 2. The maximum absolute atomic E-state index is 13.4. The molecule has 1 aliphatic heterocycles. The van der Waals surface area contributed by atoms with Gasteiger partial charge in [0.15, 0.2) is 0 Å². The maximum atomic E-state index is 13.4. The molecule has 5 rings (SSSR count). The summed E-state index contributed by atoms with van der Waals surface area (Å²) in [5.41, 5.74) is 0.829. The Morgan fingerprint density at radius 1 is 1.15 bits per heavy atom. The summed E-state index contributed by atoms with van der Waals surface area (Å²) in [6.45, 7) is 0.585. The first-order chi connectivity index (χ1) is 18.9. The van der Waals surface area contributed by atoms with Crippen molar-refractivity contribution < 1.29 is 27.5 Å². The molecule has 40 heavy (non-hydrogen) atoms. The maximum Gasteiger partial charge on any atom is 0.408 e. The van der Waals surface area contributed by atoms with E-state index in [0.717, 1.165) is 4.68 Å². The summed E-state index contributed by atoms with van der Waals surface area (Å²) in [6, 6.07) is 8.74. The van der Waals surface area contributed by atoms with Crippen molar-refractivity contribution in [3.05, 3.63) is 41.7 Å². The van der Waals surface area contributed by atoms with Gasteiger partial charge < -0.3 is 15.0 Å². The van der Waals surface area contributed by atoms with Gasteiger partial charge in [0.1, 0.15) is 16.4 Å². The third-order valence-electron chi connectivity index (χ3n) is 7.71. The molecule has 1 saturated heterocycles. The van der Waals surface area contributed by atoms with Crippen LogP contribution in [0.2, 0.25) is 0 Å². The van der Waals surface area contributed by atoms with Crippen molar-refractivity contribution >= 4 is 35.0 Å². The molecule has 13 heteroatoms. The minimum Gasteiger partial charge on any atom is -0.378 e. The molecular formula is C27H28Cl2F3N5O3. The topological polar surface area (TPSA) is 100 Å². The van der Waals surface area contributed by atoms with Gasteiger partial charge in [-0.25, -0.2) is 0 Å². The number of nitrogens with one attached hydrogen (secondary N) is 1. The molecule has 2 aliphatic carbocycles. The van der Waals surface area contributed by atoms with Crippen LogP contribution in [0, 0.1) is 17.2 Å². The number of ether oxygens (including phenoxy) is 1. The zero-order valence-corrected chi connectivity index (χ0v) is 23.0. The van der Waals surface area contributed by atoms with E-state index in [4.69, 9.17) is 27.9 Å². The number of halogens is 5. The molecular weight excluding hydrogens is 570 g/mol. The number of carbonyl (C=O) groups excluding carboxylic acids is 2. The number of morpholine rings is 1. The van der Waals surface area contributed by atoms with Gasteiger partial charge in [-0.2, -0.15) is 23.5 Å². The molecule has 0 radical (unpaired) electrons. The Hall–Kier alpha value is -2.81. The molecule has 0 unspecified atom stereocenters. The van der Waals surface area contributed by atoms with Gasteiger partial charge in [0.05, 0.1) is 25.0 Å². The molecule has 8 nitrogen and oxygen atoms in total. The van der Waals surface area contributed by atoms with E-state index in [1.54, 1.807) is 29.2 Å². The Morgan fingerprint density at radius 3 is 2.42 bits per heavy atom. The van der Waals surface area contributed by atoms with E-state index in [1.165, 1.54) is 6.20 Å². The lowest BCUT2D eigenvalue weighted by atomic mass is 9.75. The molecule has 0 bridgehead atoms. The fraction of sp³-hybridized carbons (Fsp3) is 0.556. The Labute approximate surface area is 239 Å². The van der Waals surface area contributed by atoms with Crippen molar-refractivity contribution in [3.63, 3.8) is 0 Å². The fourth-order valence-electron chi connectivity index (χ4n) is 5.39. The van der Waals surface area contributed by atoms with Crippen LogP contribution in [0.25, 0.3) is 11.1 Å². The summed E-state index contributed by atoms with van der Waals surface area (Å²) < 4.78 is 45.0. The number of carbonyl (C=O) groups is 2. The summed E-state index contributed by atoms with van der Waals surface area (Å²) in [5, 5.41) is 16.6. The number of alkyl halides is 5. The van der Waals surface area contributed by atoms with Gasteiger partial charge in [-0.3, -0.25) is 14.3 Å². The van der Waals surface area contributed by atoms with Crippen LogP contribution in [0.5, 0.6) is 0 Å². The first kappa shape index (κ1) is 28.7. The number of nitrogens with zero attached hydrogens (tertiary/aromatic N) is 4. The lowest BCUT2D eigenvalue weighted by Gasteiger charge is -2.37. The largest absolute Gasteiger partial charge is 0.408 e. The van der Waals surface area contributed by atoms with Crippen molar-refractivity contribution in [2.45, 2.75) is 60.6 Å². The predicted molar refractivity (Wildman–Crippen MR) is 141 cm³/mol. The van der Waals surface area contributed by atoms with Crippen LogP contribution in [0.1, 0.15) is 54.1 Å². The molecule has 2 heterocycles. The van der Waals surface area contributed by atoms with Crippen molar-refractivity contribution in [1.29, 1.82) is 5.26 Å². The minimum atomic E-state index is -4.51. The molecule has 214 valence electrons. The Bertz CT molecular complexity index is 1310. The molecule has 2 atom stereocenters. The molecule has 3 fully saturated rings. The molecule has 3 aliphatic rings. The highest BCUT2D eigenvalue weighted by atomic mass is 35.5. The molecule has 1 aromatic heterocycles. The smallest absolute Gasteiger partial charge is 0.378 e. The van der Waals surface area contributed by atoms with Crippen LogP contribution < -0.4 is 5.32 Å². The van der Waals surface area contributed by atoms with Crippen molar-refractivity contribution in [2.24, 2.45) is 5.92 Å². The SMILES string of the molecule is N#CC1(NC(=O)[C@@H]2CC(Cl)(Cl)CC[C@H]2c2nn(CC(F)(F)F)cc2-c2ccc(C(=O)N3CCOCC3)cc2)CC1. The van der Waals surface area contributed by atoms with Crippen LogP contribution >= 0.6 is 23.2 Å². The van der Waals surface area contributed by atoms with E-state index in [1.807, 2.05) is 0 Å². The molecule has 1 aromatic carbocycles. The fourth-order valence-corrected chi connectivity index (χ4v) is 5.94. The van der Waals surface area contributed by atoms with E-state index >= 15 is 0 Å². The van der Waals surface area contributed by atoms with Gasteiger partial charge in [0, 0.05) is 42.2 Å². The number of amides is 2. The average molecular weight is 598 g/mol. The minimum absolute atomic E-state index is 0.0622. The van der Waals surface area contributed by atoms with Crippen LogP contribution in [0.4, 0.5) is 13.2 Å². The Balaban J connectivity index is 1.48. The quantitative estimate of drug-likeness (QED) is 0.481. The third-order valence-corrected chi connectivity index (χ3v) is 8.40. The van der Waals surface area contributed by atoms with Gasteiger partial charge in [-0.15, -0.1) is 23.2 Å². The van der Waals surface area contributed by atoms with Gasteiger partial charge in [-0.1, -0.05) is 12.1 Å².